The zero-order valence-electron chi connectivity index (χ0n) is 8.66. The van der Waals surface area contributed by atoms with Crippen molar-refractivity contribution < 1.29 is 0 Å². The van der Waals surface area contributed by atoms with Crippen LogP contribution in [0.25, 0.3) is 0 Å². The summed E-state index contributed by atoms with van der Waals surface area (Å²) in [6, 6.07) is 1.80. The van der Waals surface area contributed by atoms with E-state index in [2.05, 4.69) is 15.9 Å². The van der Waals surface area contributed by atoms with Crippen LogP contribution < -0.4 is 11.3 Å². The maximum absolute atomic E-state index is 11.7. The van der Waals surface area contributed by atoms with E-state index in [1.165, 1.54) is 0 Å². The van der Waals surface area contributed by atoms with Crippen LogP contribution in [-0.4, -0.2) is 9.56 Å². The van der Waals surface area contributed by atoms with Crippen molar-refractivity contribution in [3.63, 3.8) is 0 Å². The van der Waals surface area contributed by atoms with Gasteiger partial charge in [0.15, 0.2) is 0 Å². The third-order valence-corrected chi connectivity index (χ3v) is 3.02. The second kappa shape index (κ2) is 4.90. The number of nitrogens with zero attached hydrogens (tertiary/aromatic N) is 1. The van der Waals surface area contributed by atoms with Crippen LogP contribution >= 0.6 is 28.1 Å². The molecule has 82 valence electrons. The van der Waals surface area contributed by atoms with Crippen molar-refractivity contribution in [1.82, 2.24) is 4.57 Å². The molecule has 0 spiro atoms. The number of nitrogens with two attached hydrogens (primary N) is 1. The number of halogens is 1. The Morgan fingerprint density at radius 2 is 2.33 bits per heavy atom. The first-order valence-corrected chi connectivity index (χ1v) is 5.78. The number of hydrogen-bond acceptors (Lipinski definition) is 2. The molecule has 1 rings (SSSR count). The lowest BCUT2D eigenvalue weighted by Gasteiger charge is -2.12. The molecule has 1 aromatic rings. The molecule has 0 fully saturated rings. The molecule has 1 heterocycles. The fourth-order valence-electron chi connectivity index (χ4n) is 1.26. The molecule has 3 nitrogen and oxygen atoms in total. The van der Waals surface area contributed by atoms with Gasteiger partial charge in [-0.15, -0.1) is 0 Å². The average Bonchev–Trinajstić information content (AvgIpc) is 2.13. The van der Waals surface area contributed by atoms with E-state index >= 15 is 0 Å². The molecular formula is C10H13BrN2OS. The number of pyridine rings is 1. The van der Waals surface area contributed by atoms with Crippen LogP contribution in [0.15, 0.2) is 21.5 Å². The van der Waals surface area contributed by atoms with Crippen LogP contribution in [0.2, 0.25) is 0 Å². The first-order valence-electron chi connectivity index (χ1n) is 4.57. The Morgan fingerprint density at radius 1 is 1.73 bits per heavy atom. The predicted molar refractivity (Wildman–Crippen MR) is 69.1 cm³/mol. The molecule has 5 heteroatoms. The summed E-state index contributed by atoms with van der Waals surface area (Å²) in [7, 11) is 0. The number of aromatic nitrogens is 1. The fourth-order valence-corrected chi connectivity index (χ4v) is 1.93. The molecular weight excluding hydrogens is 276 g/mol. The second-order valence-electron chi connectivity index (χ2n) is 3.60. The van der Waals surface area contributed by atoms with E-state index in [-0.39, 0.29) is 11.5 Å². The zero-order chi connectivity index (χ0) is 11.6. The molecule has 0 aliphatic carbocycles. The minimum atomic E-state index is 0.00120. The molecule has 1 unspecified atom stereocenters. The van der Waals surface area contributed by atoms with Gasteiger partial charge in [0.05, 0.1) is 4.99 Å². The van der Waals surface area contributed by atoms with Crippen LogP contribution in [0.3, 0.4) is 0 Å². The molecule has 0 amide bonds. The zero-order valence-corrected chi connectivity index (χ0v) is 11.1. The highest BCUT2D eigenvalue weighted by atomic mass is 79.9. The number of aryl methyl sites for hydroxylation is 1. The van der Waals surface area contributed by atoms with E-state index in [9.17, 15) is 4.79 Å². The van der Waals surface area contributed by atoms with Gasteiger partial charge in [-0.2, -0.15) is 0 Å². The van der Waals surface area contributed by atoms with Gasteiger partial charge in [-0.05, 0) is 28.9 Å². The topological polar surface area (TPSA) is 48.0 Å². The Labute approximate surface area is 102 Å². The summed E-state index contributed by atoms with van der Waals surface area (Å²) in [6.45, 7) is 4.22. The van der Waals surface area contributed by atoms with Gasteiger partial charge in [-0.1, -0.05) is 19.1 Å². The molecule has 0 saturated heterocycles. The van der Waals surface area contributed by atoms with E-state index in [1.807, 2.05) is 6.92 Å². The molecule has 2 N–H and O–H groups in total. The van der Waals surface area contributed by atoms with Gasteiger partial charge >= 0.3 is 0 Å². The fraction of sp³-hybridized carbons (Fsp3) is 0.400. The first-order chi connectivity index (χ1) is 6.91. The van der Waals surface area contributed by atoms with Gasteiger partial charge in [0, 0.05) is 28.7 Å². The number of thiocarbonyl (C=S) groups is 1. The first kappa shape index (κ1) is 12.4. The third kappa shape index (κ3) is 3.14. The molecule has 0 saturated carbocycles. The highest BCUT2D eigenvalue weighted by Gasteiger charge is 2.08. The minimum absolute atomic E-state index is 0.00120. The van der Waals surface area contributed by atoms with Crippen molar-refractivity contribution >= 4 is 33.1 Å². The van der Waals surface area contributed by atoms with E-state index in [1.54, 1.807) is 23.8 Å². The molecule has 0 bridgehead atoms. The van der Waals surface area contributed by atoms with Crippen molar-refractivity contribution in [2.45, 2.75) is 20.4 Å². The second-order valence-corrected chi connectivity index (χ2v) is 4.99. The molecule has 0 aliphatic heterocycles. The van der Waals surface area contributed by atoms with E-state index in [0.717, 1.165) is 4.47 Å². The van der Waals surface area contributed by atoms with Gasteiger partial charge in [-0.25, -0.2) is 0 Å². The lowest BCUT2D eigenvalue weighted by molar-refractivity contribution is 0.578. The summed E-state index contributed by atoms with van der Waals surface area (Å²) >= 11 is 8.23. The Morgan fingerprint density at radius 3 is 2.87 bits per heavy atom. The van der Waals surface area contributed by atoms with Crippen LogP contribution in [0.4, 0.5) is 0 Å². The average molecular weight is 289 g/mol. The van der Waals surface area contributed by atoms with Crippen molar-refractivity contribution in [2.75, 3.05) is 0 Å². The standard InChI is InChI=1S/C10H13BrN2OS/c1-6-3-8(11)5-13(10(6)14)4-7(2)9(12)15/h3,5,7H,4H2,1-2H3,(H2,12,15). The lowest BCUT2D eigenvalue weighted by atomic mass is 10.2. The van der Waals surface area contributed by atoms with Crippen molar-refractivity contribution in [3.8, 4) is 0 Å². The third-order valence-electron chi connectivity index (χ3n) is 2.19. The smallest absolute Gasteiger partial charge is 0.253 e. The highest BCUT2D eigenvalue weighted by molar-refractivity contribution is 9.10. The monoisotopic (exact) mass is 288 g/mol. The van der Waals surface area contributed by atoms with Gasteiger partial charge in [0.1, 0.15) is 0 Å². The van der Waals surface area contributed by atoms with Crippen molar-refractivity contribution in [3.05, 3.63) is 32.7 Å². The summed E-state index contributed by atoms with van der Waals surface area (Å²) in [5.41, 5.74) is 6.22. The Balaban J connectivity index is 3.05. The van der Waals surface area contributed by atoms with Gasteiger partial charge in [0.25, 0.3) is 5.56 Å². The Bertz CT molecular complexity index is 442. The van der Waals surface area contributed by atoms with Crippen LogP contribution in [-0.2, 0) is 6.54 Å². The summed E-state index contributed by atoms with van der Waals surface area (Å²) in [4.78, 5) is 12.2. The molecule has 0 radical (unpaired) electrons. The molecule has 1 aromatic heterocycles. The van der Waals surface area contributed by atoms with Gasteiger partial charge in [0.2, 0.25) is 0 Å². The SMILES string of the molecule is Cc1cc(Br)cn(CC(C)C(N)=S)c1=O. The maximum atomic E-state index is 11.7. The normalized spacial score (nSPS) is 12.5. The predicted octanol–water partition coefficient (Wildman–Crippen LogP) is 1.84. The maximum Gasteiger partial charge on any atom is 0.253 e. The van der Waals surface area contributed by atoms with Gasteiger partial charge < -0.3 is 10.3 Å². The van der Waals surface area contributed by atoms with Crippen molar-refractivity contribution in [2.24, 2.45) is 11.7 Å². The van der Waals surface area contributed by atoms with E-state index < -0.39 is 0 Å². The summed E-state index contributed by atoms with van der Waals surface area (Å²) in [6.07, 6.45) is 1.75. The Hall–Kier alpha value is -0.680. The summed E-state index contributed by atoms with van der Waals surface area (Å²) in [5, 5.41) is 0. The van der Waals surface area contributed by atoms with E-state index in [0.29, 0.717) is 17.1 Å². The quantitative estimate of drug-likeness (QED) is 0.864. The minimum Gasteiger partial charge on any atom is -0.393 e. The van der Waals surface area contributed by atoms with Gasteiger partial charge in [-0.3, -0.25) is 4.79 Å². The summed E-state index contributed by atoms with van der Waals surface area (Å²) < 4.78 is 2.51. The van der Waals surface area contributed by atoms with Crippen LogP contribution in [0.5, 0.6) is 0 Å². The largest absolute Gasteiger partial charge is 0.393 e. The van der Waals surface area contributed by atoms with Crippen molar-refractivity contribution in [1.29, 1.82) is 0 Å². The molecule has 15 heavy (non-hydrogen) atoms. The molecule has 1 atom stereocenters. The Kier molecular flexibility index (Phi) is 4.04. The number of hydrogen-bond donors (Lipinski definition) is 1. The molecule has 0 aliphatic rings. The van der Waals surface area contributed by atoms with Crippen LogP contribution in [0, 0.1) is 12.8 Å². The highest BCUT2D eigenvalue weighted by Crippen LogP contribution is 2.09. The van der Waals surface area contributed by atoms with E-state index in [4.69, 9.17) is 18.0 Å². The molecule has 0 aromatic carbocycles. The lowest BCUT2D eigenvalue weighted by Crippen LogP contribution is -2.29. The number of rotatable bonds is 3. The van der Waals surface area contributed by atoms with Crippen LogP contribution in [0.1, 0.15) is 12.5 Å². The summed E-state index contributed by atoms with van der Waals surface area (Å²) in [5.74, 6) is 0.0198.